The highest BCUT2D eigenvalue weighted by Gasteiger charge is 2.21. The maximum Gasteiger partial charge on any atom is 0.120 e. The summed E-state index contributed by atoms with van der Waals surface area (Å²) in [6.07, 6.45) is 0. The first-order valence-electron chi connectivity index (χ1n) is 45.5. The van der Waals surface area contributed by atoms with Gasteiger partial charge in [-0.25, -0.2) is 0 Å². The first kappa shape index (κ1) is 86.2. The van der Waals surface area contributed by atoms with Crippen LogP contribution in [-0.2, 0) is 0 Å². The van der Waals surface area contributed by atoms with Crippen LogP contribution < -0.4 is 38.9 Å². The minimum atomic E-state index is 0.848. The average Bonchev–Trinajstić information content (AvgIpc) is 0.787. The van der Waals surface area contributed by atoms with Gasteiger partial charge >= 0.3 is 0 Å². The first-order chi connectivity index (χ1) is 65.9. The molecule has 8 nitrogen and oxygen atoms in total. The molecule has 134 heavy (non-hydrogen) atoms. The summed E-state index contributed by atoms with van der Waals surface area (Å²) < 4.78 is 10.7. The van der Waals surface area contributed by atoms with Crippen molar-refractivity contribution in [3.05, 3.63) is 515 Å². The molecule has 8 heteroatoms. The fourth-order valence-electron chi connectivity index (χ4n) is 17.6. The van der Waals surface area contributed by atoms with Crippen molar-refractivity contribution in [2.24, 2.45) is 0 Å². The third-order valence-electron chi connectivity index (χ3n) is 25.0. The maximum atomic E-state index is 5.42. The Bertz CT molecular complexity index is 7550. The fourth-order valence-corrected chi connectivity index (χ4v) is 17.6. The van der Waals surface area contributed by atoms with Gasteiger partial charge in [0.05, 0.1) is 14.2 Å². The van der Waals surface area contributed by atoms with Crippen LogP contribution >= 0.6 is 0 Å². The molecule has 0 aliphatic carbocycles. The molecule has 0 heterocycles. The molecule has 0 unspecified atom stereocenters. The molecule has 0 N–H and O–H groups in total. The van der Waals surface area contributed by atoms with Crippen LogP contribution in [-0.4, -0.2) is 35.4 Å². The van der Waals surface area contributed by atoms with Gasteiger partial charge in [-0.2, -0.15) is 0 Å². The van der Waals surface area contributed by atoms with Crippen LogP contribution in [0.15, 0.2) is 510 Å². The molecule has 0 aromatic heterocycles. The molecule has 0 aliphatic rings. The Balaban J connectivity index is 0.000000129. The second-order valence-electron chi connectivity index (χ2n) is 33.5. The summed E-state index contributed by atoms with van der Waals surface area (Å²) in [5.74, 6) is 1.70. The van der Waals surface area contributed by atoms with Crippen LogP contribution in [0.25, 0.3) is 99.1 Å². The van der Waals surface area contributed by atoms with E-state index in [0.29, 0.717) is 0 Å². The van der Waals surface area contributed by atoms with Crippen LogP contribution in [0.5, 0.6) is 11.5 Å². The molecule has 0 aliphatic heterocycles. The summed E-state index contributed by atoms with van der Waals surface area (Å²) in [6.45, 7) is 2.13. The van der Waals surface area contributed by atoms with Crippen molar-refractivity contribution in [3.8, 4) is 78.3 Å². The largest absolute Gasteiger partial charge is 0.497 e. The van der Waals surface area contributed by atoms with E-state index < -0.39 is 0 Å². The molecule has 21 rings (SSSR count). The normalized spacial score (nSPS) is 10.9. The SMILES string of the molecule is COc1ccc(N(C)c2ccc(-c3ccc(N(c4cccc(-c5ccccc5)c4)c4ccc5ccccc5c4)cc3)cc2)cc1.COc1cccc(N(C)c2ccc(-c3ccc(N(c4cccc(-c5ccccc5)c4)c4ccc5ccccc5c4)cc3)cc2)c1.Cc1cccc(N(C)c2ccc(-c3ccc(N(c4cccc(-c5ccccc5)c4)c4ccc5ccccc5c4)cc3)cc2)c1. The second kappa shape index (κ2) is 40.2. The van der Waals surface area contributed by atoms with Crippen molar-refractivity contribution in [2.75, 3.05) is 64.8 Å². The molecule has 648 valence electrons. The standard InChI is InChI=1S/2C42H34N2O.C42H34N2/c1-43(39-15-9-17-42(30-39)45-2)37-23-18-33(19-24-37)34-20-25-38(26-21-34)44(41-27-22-32-12-6-7-13-35(32)29-41)40-16-8-14-36(28-40)31-10-4-3-5-11-31;1-43(38-25-27-42(45-2)28-26-38)37-20-15-33(16-21-37)34-17-22-39(23-18-34)44(41-24-19-32-11-6-7-12-35(32)30-41)40-14-8-13-36(29-40)31-9-4-3-5-10-31;1-31-10-8-16-40(28-31)43(2)38-23-18-34(19-24-38)35-20-25-39(26-21-35)44(42-27-22-33-13-6-7-14-36(33)30-42)41-17-9-15-37(29-41)32-11-4-3-5-12-32/h2*3-30H,1-2H3;3-30H,1-2H3. The number of nitrogens with zero attached hydrogens (tertiary/aromatic N) is 6. The van der Waals surface area contributed by atoms with E-state index in [0.717, 1.165) is 91.1 Å². The van der Waals surface area contributed by atoms with Gasteiger partial charge in [0, 0.05) is 113 Å². The zero-order valence-corrected chi connectivity index (χ0v) is 76.0. The molecule has 21 aromatic rings. The van der Waals surface area contributed by atoms with E-state index in [2.05, 4.69) is 537 Å². The van der Waals surface area contributed by atoms with Crippen molar-refractivity contribution >= 4 is 118 Å². The lowest BCUT2D eigenvalue weighted by Gasteiger charge is -2.26. The molecular formula is C126H102N6O2. The number of fused-ring (bicyclic) bond motifs is 3. The molecule has 0 saturated carbocycles. The van der Waals surface area contributed by atoms with Gasteiger partial charge in [0.1, 0.15) is 11.5 Å². The van der Waals surface area contributed by atoms with Crippen LogP contribution in [0.1, 0.15) is 5.56 Å². The molecule has 0 amide bonds. The van der Waals surface area contributed by atoms with Gasteiger partial charge in [-0.05, 0) is 306 Å². The lowest BCUT2D eigenvalue weighted by molar-refractivity contribution is 0.415. The number of benzene rings is 21. The summed E-state index contributed by atoms with van der Waals surface area (Å²) in [5, 5.41) is 7.36. The van der Waals surface area contributed by atoms with Crippen LogP contribution in [0.2, 0.25) is 0 Å². The number of methoxy groups -OCH3 is 2. The average molecular weight is 1730 g/mol. The van der Waals surface area contributed by atoms with Crippen molar-refractivity contribution in [2.45, 2.75) is 6.92 Å². The molecule has 0 radical (unpaired) electrons. The third kappa shape index (κ3) is 19.7. The van der Waals surface area contributed by atoms with E-state index in [1.807, 2.05) is 30.3 Å². The summed E-state index contributed by atoms with van der Waals surface area (Å²) in [6, 6.07) is 181. The lowest BCUT2D eigenvalue weighted by atomic mass is 10.0. The van der Waals surface area contributed by atoms with Crippen LogP contribution in [0, 0.1) is 6.92 Å². The Kier molecular flexibility index (Phi) is 25.9. The van der Waals surface area contributed by atoms with Gasteiger partial charge in [-0.15, -0.1) is 0 Å². The van der Waals surface area contributed by atoms with Crippen molar-refractivity contribution < 1.29 is 9.47 Å². The van der Waals surface area contributed by atoms with Gasteiger partial charge in [0.15, 0.2) is 0 Å². The number of hydrogen-bond acceptors (Lipinski definition) is 8. The molecule has 0 fully saturated rings. The summed E-state index contributed by atoms with van der Waals surface area (Å²) in [4.78, 5) is 13.6. The van der Waals surface area contributed by atoms with Crippen molar-refractivity contribution in [1.29, 1.82) is 0 Å². The van der Waals surface area contributed by atoms with Gasteiger partial charge in [-0.1, -0.05) is 309 Å². The molecule has 0 saturated heterocycles. The van der Waals surface area contributed by atoms with Crippen LogP contribution in [0.3, 0.4) is 0 Å². The van der Waals surface area contributed by atoms with Gasteiger partial charge < -0.3 is 38.9 Å². The minimum absolute atomic E-state index is 0.848. The number of aryl methyl sites for hydroxylation is 1. The Hall–Kier alpha value is -17.2. The van der Waals surface area contributed by atoms with Gasteiger partial charge in [-0.3, -0.25) is 0 Å². The third-order valence-corrected chi connectivity index (χ3v) is 25.0. The highest BCUT2D eigenvalue weighted by Crippen LogP contribution is 2.45. The summed E-state index contributed by atoms with van der Waals surface area (Å²) in [7, 11) is 9.66. The topological polar surface area (TPSA) is 37.9 Å². The van der Waals surface area contributed by atoms with Crippen LogP contribution in [0.4, 0.5) is 85.3 Å². The second-order valence-corrected chi connectivity index (χ2v) is 33.5. The zero-order chi connectivity index (χ0) is 91.1. The zero-order valence-electron chi connectivity index (χ0n) is 76.0. The quantitative estimate of drug-likeness (QED) is 0.0627. The lowest BCUT2D eigenvalue weighted by Crippen LogP contribution is -2.10. The van der Waals surface area contributed by atoms with E-state index in [9.17, 15) is 0 Å². The van der Waals surface area contributed by atoms with Crippen molar-refractivity contribution in [3.63, 3.8) is 0 Å². The van der Waals surface area contributed by atoms with Gasteiger partial charge in [0.25, 0.3) is 0 Å². The van der Waals surface area contributed by atoms with E-state index in [1.54, 1.807) is 14.2 Å². The predicted octanol–water partition coefficient (Wildman–Crippen LogP) is 34.6. The molecule has 21 aromatic carbocycles. The Morgan fingerprint density at radius 1 is 0.142 bits per heavy atom. The Morgan fingerprint density at radius 3 is 0.672 bits per heavy atom. The molecular weight excluding hydrogens is 1630 g/mol. The van der Waals surface area contributed by atoms with Crippen molar-refractivity contribution in [1.82, 2.24) is 0 Å². The highest BCUT2D eigenvalue weighted by molar-refractivity contribution is 5.94. The fraction of sp³-hybridized carbons (Fsp3) is 0.0476. The van der Waals surface area contributed by atoms with E-state index >= 15 is 0 Å². The maximum absolute atomic E-state index is 5.42. The monoisotopic (exact) mass is 1730 g/mol. The number of ether oxygens (including phenoxy) is 2. The number of anilines is 15. The smallest absolute Gasteiger partial charge is 0.120 e. The van der Waals surface area contributed by atoms with E-state index in [4.69, 9.17) is 9.47 Å². The predicted molar refractivity (Wildman–Crippen MR) is 570 cm³/mol. The molecule has 0 atom stereocenters. The minimum Gasteiger partial charge on any atom is -0.497 e. The molecule has 0 spiro atoms. The van der Waals surface area contributed by atoms with E-state index in [1.165, 1.54) is 110 Å². The summed E-state index contributed by atoms with van der Waals surface area (Å²) in [5.41, 5.74) is 32.4. The Labute approximate surface area is 786 Å². The first-order valence-corrected chi connectivity index (χ1v) is 45.5. The van der Waals surface area contributed by atoms with Gasteiger partial charge in [0.2, 0.25) is 0 Å². The Morgan fingerprint density at radius 2 is 0.366 bits per heavy atom. The summed E-state index contributed by atoms with van der Waals surface area (Å²) >= 11 is 0. The highest BCUT2D eigenvalue weighted by atomic mass is 16.5. The number of rotatable bonds is 23. The number of hydrogen-bond donors (Lipinski definition) is 0. The van der Waals surface area contributed by atoms with E-state index in [-0.39, 0.29) is 0 Å². The molecule has 0 bridgehead atoms.